The highest BCUT2D eigenvalue weighted by Gasteiger charge is 2.42. The van der Waals surface area contributed by atoms with Crippen LogP contribution in [0.2, 0.25) is 0 Å². The van der Waals surface area contributed by atoms with Gasteiger partial charge in [-0.05, 0) is 58.9 Å². The van der Waals surface area contributed by atoms with Crippen LogP contribution in [0, 0.1) is 11.8 Å². The molecule has 146 valence electrons. The Balaban J connectivity index is 1.68. The van der Waals surface area contributed by atoms with E-state index in [2.05, 4.69) is 57.7 Å². The van der Waals surface area contributed by atoms with Crippen LogP contribution in [0.15, 0.2) is 22.8 Å². The quantitative estimate of drug-likeness (QED) is 0.779. The highest BCUT2D eigenvalue weighted by Crippen LogP contribution is 2.47. The first-order chi connectivity index (χ1) is 13.0. The minimum absolute atomic E-state index is 0.0702. The average Bonchev–Trinajstić information content (AvgIpc) is 2.92. The summed E-state index contributed by atoms with van der Waals surface area (Å²) in [4.78, 5) is 15.3. The Morgan fingerprint density at radius 3 is 2.85 bits per heavy atom. The van der Waals surface area contributed by atoms with Gasteiger partial charge in [0.25, 0.3) is 0 Å². The molecule has 1 unspecified atom stereocenters. The number of aliphatic hydroxyl groups is 1. The lowest BCUT2D eigenvalue weighted by molar-refractivity contribution is -0.126. The van der Waals surface area contributed by atoms with Gasteiger partial charge in [-0.2, -0.15) is 0 Å². The fourth-order valence-corrected chi connectivity index (χ4v) is 5.82. The van der Waals surface area contributed by atoms with Gasteiger partial charge >= 0.3 is 0 Å². The number of ketones is 1. The number of nitrogens with zero attached hydrogens (tertiary/aromatic N) is 2. The number of aryl methyl sites for hydroxylation is 1. The van der Waals surface area contributed by atoms with Crippen molar-refractivity contribution in [3.63, 3.8) is 0 Å². The maximum absolute atomic E-state index is 12.9. The van der Waals surface area contributed by atoms with E-state index in [9.17, 15) is 9.90 Å². The van der Waals surface area contributed by atoms with Gasteiger partial charge in [-0.3, -0.25) is 4.79 Å². The summed E-state index contributed by atoms with van der Waals surface area (Å²) in [5, 5.41) is 10.9. The number of aliphatic hydroxyl groups excluding tert-OH is 1. The number of benzene rings is 1. The predicted octanol–water partition coefficient (Wildman–Crippen LogP) is 3.88. The molecule has 0 radical (unpaired) electrons. The minimum Gasteiger partial charge on any atom is -0.396 e. The lowest BCUT2D eigenvalue weighted by Crippen LogP contribution is -2.49. The van der Waals surface area contributed by atoms with Crippen molar-refractivity contribution in [2.24, 2.45) is 18.9 Å². The fraction of sp³-hybridized carbons (Fsp3) is 0.591. The molecule has 1 N–H and O–H groups in total. The Labute approximate surface area is 169 Å². The molecule has 4 rings (SSSR count). The normalized spacial score (nSPS) is 26.2. The number of carbonyl (C=O) groups excluding carboxylic acids is 1. The van der Waals surface area contributed by atoms with Gasteiger partial charge in [0.2, 0.25) is 0 Å². The molecule has 1 aliphatic heterocycles. The third-order valence-electron chi connectivity index (χ3n) is 6.95. The third kappa shape index (κ3) is 3.08. The smallest absolute Gasteiger partial charge is 0.137 e. The number of carbonyl (C=O) groups is 1. The van der Waals surface area contributed by atoms with Crippen LogP contribution in [0.3, 0.4) is 0 Å². The van der Waals surface area contributed by atoms with Gasteiger partial charge in [-0.25, -0.2) is 0 Å². The standard InChI is InChI=1S/C22H29BrN2O2/c1-4-13(12-26)8-20(27)14-9-16-15-6-5-7-18-21(15)17(22(23)25(18)3)10-19(16)24(2)11-14/h5-7,13-14,16,19,26H,4,8-12H2,1-3H3/t13-,14-,16?,19-/m1/s1. The van der Waals surface area contributed by atoms with E-state index in [1.54, 1.807) is 0 Å². The zero-order valence-corrected chi connectivity index (χ0v) is 18.0. The summed E-state index contributed by atoms with van der Waals surface area (Å²) in [7, 11) is 4.28. The Kier molecular flexibility index (Phi) is 5.21. The van der Waals surface area contributed by atoms with Crippen molar-refractivity contribution < 1.29 is 9.90 Å². The van der Waals surface area contributed by atoms with Gasteiger partial charge in [0.05, 0.1) is 4.60 Å². The highest BCUT2D eigenvalue weighted by molar-refractivity contribution is 9.10. The molecule has 2 aromatic rings. The van der Waals surface area contributed by atoms with Crippen molar-refractivity contribution in [2.45, 2.75) is 44.6 Å². The zero-order chi connectivity index (χ0) is 19.3. The predicted molar refractivity (Wildman–Crippen MR) is 112 cm³/mol. The Bertz CT molecular complexity index is 871. The van der Waals surface area contributed by atoms with Crippen LogP contribution < -0.4 is 0 Å². The van der Waals surface area contributed by atoms with Crippen molar-refractivity contribution in [1.82, 2.24) is 9.47 Å². The van der Waals surface area contributed by atoms with Gasteiger partial charge < -0.3 is 14.6 Å². The van der Waals surface area contributed by atoms with E-state index in [1.807, 2.05) is 6.92 Å². The van der Waals surface area contributed by atoms with E-state index in [4.69, 9.17) is 0 Å². The number of fused-ring (bicyclic) bond motifs is 2. The highest BCUT2D eigenvalue weighted by atomic mass is 79.9. The van der Waals surface area contributed by atoms with Crippen LogP contribution in [0.1, 0.15) is 43.2 Å². The first kappa shape index (κ1) is 19.2. The topological polar surface area (TPSA) is 45.5 Å². The van der Waals surface area contributed by atoms with Gasteiger partial charge in [0.1, 0.15) is 5.78 Å². The average molecular weight is 433 g/mol. The Morgan fingerprint density at radius 1 is 1.37 bits per heavy atom. The summed E-state index contributed by atoms with van der Waals surface area (Å²) < 4.78 is 3.42. The number of piperidine rings is 1. The van der Waals surface area contributed by atoms with E-state index in [-0.39, 0.29) is 18.4 Å². The number of hydrogen-bond acceptors (Lipinski definition) is 3. The van der Waals surface area contributed by atoms with Gasteiger partial charge in [-0.15, -0.1) is 0 Å². The first-order valence-corrected chi connectivity index (χ1v) is 10.8. The molecule has 0 saturated carbocycles. The molecule has 1 aromatic carbocycles. The second-order valence-electron chi connectivity index (χ2n) is 8.45. The van der Waals surface area contributed by atoms with E-state index in [1.165, 1.54) is 26.6 Å². The Morgan fingerprint density at radius 2 is 2.15 bits per heavy atom. The molecule has 0 spiro atoms. The molecule has 5 heteroatoms. The van der Waals surface area contributed by atoms with Crippen molar-refractivity contribution in [2.75, 3.05) is 20.2 Å². The number of likely N-dealkylation sites (tertiary alicyclic amines) is 1. The molecule has 2 aliphatic rings. The van der Waals surface area contributed by atoms with Crippen LogP contribution >= 0.6 is 15.9 Å². The minimum atomic E-state index is 0.0702. The monoisotopic (exact) mass is 432 g/mol. The van der Waals surface area contributed by atoms with Crippen LogP contribution in [0.4, 0.5) is 0 Å². The van der Waals surface area contributed by atoms with Crippen molar-refractivity contribution in [3.05, 3.63) is 33.9 Å². The van der Waals surface area contributed by atoms with E-state index >= 15 is 0 Å². The number of rotatable bonds is 5. The van der Waals surface area contributed by atoms with E-state index in [0.29, 0.717) is 24.2 Å². The van der Waals surface area contributed by atoms with E-state index in [0.717, 1.165) is 25.8 Å². The number of Topliss-reactive ketones (excluding diaryl/α,β-unsaturated/α-hetero) is 1. The number of aromatic nitrogens is 1. The summed E-state index contributed by atoms with van der Waals surface area (Å²) in [5.74, 6) is 0.902. The molecule has 4 atom stereocenters. The molecule has 4 nitrogen and oxygen atoms in total. The number of halogens is 1. The van der Waals surface area contributed by atoms with Crippen molar-refractivity contribution in [1.29, 1.82) is 0 Å². The second-order valence-corrected chi connectivity index (χ2v) is 9.20. The van der Waals surface area contributed by atoms with Crippen LogP contribution in [-0.4, -0.2) is 46.6 Å². The van der Waals surface area contributed by atoms with Gasteiger partial charge in [0, 0.05) is 55.4 Å². The second kappa shape index (κ2) is 7.34. The van der Waals surface area contributed by atoms with Gasteiger partial charge in [-0.1, -0.05) is 25.5 Å². The van der Waals surface area contributed by atoms with Crippen LogP contribution in [0.25, 0.3) is 10.9 Å². The zero-order valence-electron chi connectivity index (χ0n) is 16.4. The van der Waals surface area contributed by atoms with E-state index < -0.39 is 0 Å². The molecule has 27 heavy (non-hydrogen) atoms. The Hall–Kier alpha value is -1.17. The third-order valence-corrected chi connectivity index (χ3v) is 7.96. The number of hydrogen-bond donors (Lipinski definition) is 1. The summed E-state index contributed by atoms with van der Waals surface area (Å²) in [6.45, 7) is 2.99. The van der Waals surface area contributed by atoms with Crippen molar-refractivity contribution >= 4 is 32.6 Å². The molecule has 1 saturated heterocycles. The van der Waals surface area contributed by atoms with Crippen LogP contribution in [0.5, 0.6) is 0 Å². The van der Waals surface area contributed by atoms with Gasteiger partial charge in [0.15, 0.2) is 0 Å². The summed E-state index contributed by atoms with van der Waals surface area (Å²) >= 11 is 3.80. The lowest BCUT2D eigenvalue weighted by atomic mass is 9.71. The SMILES string of the molecule is CC[C@@H](CO)CC(=O)[C@@H]1CC2c3cccc4c3c(c(Br)n4C)C[C@H]2N(C)C1. The molecule has 1 fully saturated rings. The lowest BCUT2D eigenvalue weighted by Gasteiger charge is -2.45. The molecular formula is C22H29BrN2O2. The molecule has 1 aromatic heterocycles. The summed E-state index contributed by atoms with van der Waals surface area (Å²) in [6.07, 6.45) is 3.33. The molecular weight excluding hydrogens is 404 g/mol. The number of likely N-dealkylation sites (N-methyl/N-ethyl adjacent to an activating group) is 1. The summed E-state index contributed by atoms with van der Waals surface area (Å²) in [5.41, 5.74) is 4.08. The first-order valence-electron chi connectivity index (χ1n) is 10.1. The van der Waals surface area contributed by atoms with Crippen molar-refractivity contribution in [3.8, 4) is 0 Å². The molecule has 1 aliphatic carbocycles. The van der Waals surface area contributed by atoms with Crippen LogP contribution in [-0.2, 0) is 18.3 Å². The fourth-order valence-electron chi connectivity index (χ4n) is 5.26. The molecule has 2 heterocycles. The molecule has 0 bridgehead atoms. The maximum Gasteiger partial charge on any atom is 0.137 e. The maximum atomic E-state index is 12.9. The largest absolute Gasteiger partial charge is 0.396 e. The molecule has 0 amide bonds. The summed E-state index contributed by atoms with van der Waals surface area (Å²) in [6, 6.07) is 7.06.